The van der Waals surface area contributed by atoms with Crippen LogP contribution >= 0.6 is 0 Å². The molecule has 5 amide bonds. The van der Waals surface area contributed by atoms with Gasteiger partial charge in [0.15, 0.2) is 0 Å². The van der Waals surface area contributed by atoms with Crippen molar-refractivity contribution in [2.45, 2.75) is 70.6 Å². The fourth-order valence-electron chi connectivity index (χ4n) is 2.48. The van der Waals surface area contributed by atoms with Gasteiger partial charge >= 0.3 is 5.97 Å². The minimum Gasteiger partial charge on any atom is -0.480 e. The summed E-state index contributed by atoms with van der Waals surface area (Å²) in [5.74, 6) is -5.45. The average molecular weight is 444 g/mol. The SMILES string of the molecule is CCC(C)C(NC(=O)C(N)CC(N)=O)C(=O)NC(C)C(=O)NC(CCC(N)=O)C(=O)O. The third-order valence-electron chi connectivity index (χ3n) is 4.60. The van der Waals surface area contributed by atoms with Crippen LogP contribution < -0.4 is 33.2 Å². The van der Waals surface area contributed by atoms with E-state index in [2.05, 4.69) is 16.0 Å². The number of carbonyl (C=O) groups is 6. The molecule has 0 fully saturated rings. The monoisotopic (exact) mass is 444 g/mol. The van der Waals surface area contributed by atoms with Gasteiger partial charge in [0, 0.05) is 6.42 Å². The molecule has 0 rings (SSSR count). The summed E-state index contributed by atoms with van der Waals surface area (Å²) < 4.78 is 0. The molecule has 31 heavy (non-hydrogen) atoms. The third kappa shape index (κ3) is 10.4. The molecule has 0 saturated heterocycles. The Morgan fingerprint density at radius 3 is 1.90 bits per heavy atom. The van der Waals surface area contributed by atoms with Crippen LogP contribution in [0.5, 0.6) is 0 Å². The van der Waals surface area contributed by atoms with E-state index in [0.29, 0.717) is 6.42 Å². The summed E-state index contributed by atoms with van der Waals surface area (Å²) in [6, 6.07) is -4.81. The van der Waals surface area contributed by atoms with Gasteiger partial charge in [-0.25, -0.2) is 4.79 Å². The minimum absolute atomic E-state index is 0.208. The van der Waals surface area contributed by atoms with Gasteiger partial charge in [-0.3, -0.25) is 24.0 Å². The highest BCUT2D eigenvalue weighted by Gasteiger charge is 2.31. The number of primary amides is 2. The topological polar surface area (TPSA) is 237 Å². The van der Waals surface area contributed by atoms with Gasteiger partial charge in [0.25, 0.3) is 0 Å². The molecule has 0 aromatic heterocycles. The Balaban J connectivity index is 5.12. The molecule has 0 bridgehead atoms. The Kier molecular flexibility index (Phi) is 11.8. The fraction of sp³-hybridized carbons (Fsp3) is 0.667. The van der Waals surface area contributed by atoms with Crippen LogP contribution in [0.15, 0.2) is 0 Å². The first kappa shape index (κ1) is 27.8. The zero-order valence-electron chi connectivity index (χ0n) is 17.8. The Morgan fingerprint density at radius 1 is 0.871 bits per heavy atom. The molecule has 0 aromatic rings. The van der Waals surface area contributed by atoms with E-state index in [1.807, 2.05) is 0 Å². The lowest BCUT2D eigenvalue weighted by atomic mass is 9.97. The number of amides is 5. The second kappa shape index (κ2) is 13.2. The molecule has 0 aliphatic carbocycles. The molecule has 5 unspecified atom stereocenters. The minimum atomic E-state index is -1.36. The van der Waals surface area contributed by atoms with E-state index in [9.17, 15) is 28.8 Å². The Hall–Kier alpha value is -3.22. The highest BCUT2D eigenvalue weighted by molar-refractivity contribution is 5.95. The number of rotatable bonds is 14. The standard InChI is InChI=1S/C18H32N6O7/c1-4-8(2)14(24-16(28)10(19)7-13(21)26)17(29)22-9(3)15(27)23-11(18(30)31)5-6-12(20)25/h8-11,14H,4-7,19H2,1-3H3,(H2,20,25)(H2,21,26)(H,22,29)(H,23,27)(H,24,28)(H,30,31). The summed E-state index contributed by atoms with van der Waals surface area (Å²) in [5.41, 5.74) is 15.6. The predicted octanol–water partition coefficient (Wildman–Crippen LogP) is -2.94. The normalized spacial score (nSPS) is 15.5. The van der Waals surface area contributed by atoms with Gasteiger partial charge in [0.05, 0.1) is 12.5 Å². The quantitative estimate of drug-likeness (QED) is 0.146. The summed E-state index contributed by atoms with van der Waals surface area (Å²) in [4.78, 5) is 70.1. The van der Waals surface area contributed by atoms with Crippen LogP contribution in [0, 0.1) is 5.92 Å². The van der Waals surface area contributed by atoms with Gasteiger partial charge in [-0.2, -0.15) is 0 Å². The Bertz CT molecular complexity index is 699. The second-order valence-electron chi connectivity index (χ2n) is 7.28. The van der Waals surface area contributed by atoms with Crippen molar-refractivity contribution in [1.82, 2.24) is 16.0 Å². The van der Waals surface area contributed by atoms with Crippen molar-refractivity contribution in [2.75, 3.05) is 0 Å². The van der Waals surface area contributed by atoms with Crippen molar-refractivity contribution in [3.05, 3.63) is 0 Å². The number of hydrogen-bond donors (Lipinski definition) is 7. The molecule has 0 aliphatic rings. The number of aliphatic carboxylic acids is 1. The van der Waals surface area contributed by atoms with Crippen molar-refractivity contribution >= 4 is 35.5 Å². The van der Waals surface area contributed by atoms with E-state index in [1.54, 1.807) is 13.8 Å². The highest BCUT2D eigenvalue weighted by atomic mass is 16.4. The van der Waals surface area contributed by atoms with E-state index in [1.165, 1.54) is 6.92 Å². The summed E-state index contributed by atoms with van der Waals surface area (Å²) in [7, 11) is 0. The number of nitrogens with two attached hydrogens (primary N) is 3. The van der Waals surface area contributed by atoms with Crippen molar-refractivity contribution in [2.24, 2.45) is 23.1 Å². The molecule has 0 saturated carbocycles. The van der Waals surface area contributed by atoms with Gasteiger partial charge in [0.2, 0.25) is 29.5 Å². The van der Waals surface area contributed by atoms with Gasteiger partial charge in [-0.15, -0.1) is 0 Å². The maximum Gasteiger partial charge on any atom is 0.326 e. The van der Waals surface area contributed by atoms with Crippen LogP contribution in [0.4, 0.5) is 0 Å². The molecule has 0 heterocycles. The summed E-state index contributed by atoms with van der Waals surface area (Å²) in [6.45, 7) is 4.81. The van der Waals surface area contributed by atoms with E-state index in [0.717, 1.165) is 0 Å². The predicted molar refractivity (Wildman–Crippen MR) is 109 cm³/mol. The fourth-order valence-corrected chi connectivity index (χ4v) is 2.48. The Labute approximate surface area is 179 Å². The molecular formula is C18H32N6O7. The van der Waals surface area contributed by atoms with Crippen molar-refractivity contribution < 1.29 is 33.9 Å². The lowest BCUT2D eigenvalue weighted by molar-refractivity contribution is -0.142. The molecule has 13 nitrogen and oxygen atoms in total. The molecule has 0 spiro atoms. The first-order valence-electron chi connectivity index (χ1n) is 9.76. The second-order valence-corrected chi connectivity index (χ2v) is 7.28. The summed E-state index contributed by atoms with van der Waals surface area (Å²) >= 11 is 0. The van der Waals surface area contributed by atoms with Gasteiger partial charge in [-0.05, 0) is 19.3 Å². The molecule has 10 N–H and O–H groups in total. The van der Waals surface area contributed by atoms with Crippen molar-refractivity contribution in [3.63, 3.8) is 0 Å². The molecular weight excluding hydrogens is 412 g/mol. The van der Waals surface area contributed by atoms with Crippen LogP contribution in [0.25, 0.3) is 0 Å². The molecule has 0 aliphatic heterocycles. The zero-order valence-corrected chi connectivity index (χ0v) is 17.8. The lowest BCUT2D eigenvalue weighted by Crippen LogP contribution is -2.58. The van der Waals surface area contributed by atoms with Gasteiger partial charge < -0.3 is 38.3 Å². The largest absolute Gasteiger partial charge is 0.480 e. The number of carboxylic acid groups (broad SMARTS) is 1. The first-order chi connectivity index (χ1) is 14.3. The van der Waals surface area contributed by atoms with Crippen LogP contribution in [0.3, 0.4) is 0 Å². The summed E-state index contributed by atoms with van der Waals surface area (Å²) in [5, 5.41) is 16.2. The van der Waals surface area contributed by atoms with Crippen molar-refractivity contribution in [1.29, 1.82) is 0 Å². The third-order valence-corrected chi connectivity index (χ3v) is 4.60. The van der Waals surface area contributed by atoms with Crippen LogP contribution in [0.2, 0.25) is 0 Å². The maximum absolute atomic E-state index is 12.7. The maximum atomic E-state index is 12.7. The molecule has 5 atom stereocenters. The average Bonchev–Trinajstić information content (AvgIpc) is 2.66. The first-order valence-corrected chi connectivity index (χ1v) is 9.76. The summed E-state index contributed by atoms with van der Waals surface area (Å²) in [6.07, 6.45) is -0.356. The van der Waals surface area contributed by atoms with Crippen molar-refractivity contribution in [3.8, 4) is 0 Å². The van der Waals surface area contributed by atoms with E-state index < -0.39 is 66.1 Å². The van der Waals surface area contributed by atoms with E-state index in [4.69, 9.17) is 22.3 Å². The molecule has 0 aromatic carbocycles. The van der Waals surface area contributed by atoms with Gasteiger partial charge in [-0.1, -0.05) is 20.3 Å². The van der Waals surface area contributed by atoms with Gasteiger partial charge in [0.1, 0.15) is 18.1 Å². The Morgan fingerprint density at radius 2 is 1.45 bits per heavy atom. The highest BCUT2D eigenvalue weighted by Crippen LogP contribution is 2.09. The number of hydrogen-bond acceptors (Lipinski definition) is 7. The zero-order chi connectivity index (χ0) is 24.3. The van der Waals surface area contributed by atoms with Crippen LogP contribution in [-0.2, 0) is 28.8 Å². The number of carboxylic acids is 1. The lowest BCUT2D eigenvalue weighted by Gasteiger charge is -2.26. The van der Waals surface area contributed by atoms with Crippen LogP contribution in [0.1, 0.15) is 46.5 Å². The molecule has 176 valence electrons. The van der Waals surface area contributed by atoms with Crippen LogP contribution in [-0.4, -0.2) is 64.8 Å². The van der Waals surface area contributed by atoms with E-state index >= 15 is 0 Å². The van der Waals surface area contributed by atoms with E-state index in [-0.39, 0.29) is 18.8 Å². The smallest absolute Gasteiger partial charge is 0.326 e. The molecule has 13 heteroatoms. The number of carbonyl (C=O) groups excluding carboxylic acids is 5. The molecule has 0 radical (unpaired) electrons. The number of nitrogens with one attached hydrogen (secondary N) is 3.